The molecule has 2 aromatic carbocycles. The number of nitrogens with one attached hydrogen (secondary N) is 1. The number of carbonyl (C=O) groups excluding carboxylic acids is 2. The maximum absolute atomic E-state index is 12.7. The summed E-state index contributed by atoms with van der Waals surface area (Å²) in [5, 5.41) is 2.84. The average Bonchev–Trinajstić information content (AvgIpc) is 2.70. The van der Waals surface area contributed by atoms with E-state index in [2.05, 4.69) is 5.32 Å². The first-order chi connectivity index (χ1) is 13.8. The third-order valence-corrected chi connectivity index (χ3v) is 5.19. The van der Waals surface area contributed by atoms with Gasteiger partial charge in [0, 0.05) is 10.9 Å². The van der Waals surface area contributed by atoms with Crippen LogP contribution in [0.15, 0.2) is 41.3 Å². The van der Waals surface area contributed by atoms with Gasteiger partial charge in [0.25, 0.3) is 0 Å². The molecule has 6 nitrogen and oxygen atoms in total. The lowest BCUT2D eigenvalue weighted by molar-refractivity contribution is -0.119. The fraction of sp³-hybridized carbons (Fsp3) is 0.364. The predicted octanol–water partition coefficient (Wildman–Crippen LogP) is 3.99. The normalized spacial score (nSPS) is 10.6. The van der Waals surface area contributed by atoms with Crippen molar-refractivity contribution in [2.75, 3.05) is 20.0 Å². The van der Waals surface area contributed by atoms with Crippen molar-refractivity contribution >= 4 is 23.6 Å². The monoisotopic (exact) mass is 417 g/mol. The number of benzene rings is 2. The Morgan fingerprint density at radius 3 is 2.38 bits per heavy atom. The molecular formula is C22H27NO5S. The molecule has 2 rings (SSSR count). The number of ether oxygens (including phenoxy) is 3. The molecular weight excluding hydrogens is 390 g/mol. The molecule has 0 atom stereocenters. The van der Waals surface area contributed by atoms with Crippen LogP contribution >= 0.6 is 11.8 Å². The number of aryl methyl sites for hydroxylation is 1. The van der Waals surface area contributed by atoms with E-state index in [0.29, 0.717) is 22.0 Å². The second-order valence-corrected chi connectivity index (χ2v) is 7.73. The van der Waals surface area contributed by atoms with Crippen molar-refractivity contribution in [3.8, 4) is 11.5 Å². The minimum atomic E-state index is -0.438. The summed E-state index contributed by atoms with van der Waals surface area (Å²) in [6.45, 7) is 5.84. The van der Waals surface area contributed by atoms with E-state index in [4.69, 9.17) is 14.2 Å². The lowest BCUT2D eigenvalue weighted by Crippen LogP contribution is -2.31. The number of thioether (sulfide) groups is 1. The van der Waals surface area contributed by atoms with E-state index in [-0.39, 0.29) is 24.3 Å². The molecule has 0 fully saturated rings. The molecule has 0 aliphatic heterocycles. The molecule has 0 aromatic heterocycles. The number of rotatable bonds is 9. The molecule has 156 valence electrons. The molecule has 0 heterocycles. The maximum atomic E-state index is 12.7. The van der Waals surface area contributed by atoms with Gasteiger partial charge in [0.2, 0.25) is 5.91 Å². The van der Waals surface area contributed by atoms with Gasteiger partial charge in [-0.2, -0.15) is 0 Å². The van der Waals surface area contributed by atoms with Crippen LogP contribution in [0, 0.1) is 6.92 Å². The maximum Gasteiger partial charge on any atom is 0.339 e. The van der Waals surface area contributed by atoms with E-state index in [1.54, 1.807) is 32.4 Å². The van der Waals surface area contributed by atoms with E-state index in [1.165, 1.54) is 11.8 Å². The van der Waals surface area contributed by atoms with Crippen molar-refractivity contribution in [2.45, 2.75) is 38.3 Å². The van der Waals surface area contributed by atoms with Gasteiger partial charge in [-0.25, -0.2) is 4.79 Å². The molecule has 2 aromatic rings. The fourth-order valence-corrected chi connectivity index (χ4v) is 3.52. The summed E-state index contributed by atoms with van der Waals surface area (Å²) >= 11 is 1.31. The smallest absolute Gasteiger partial charge is 0.339 e. The molecule has 0 aliphatic rings. The molecule has 0 radical (unpaired) electrons. The molecule has 7 heteroatoms. The van der Waals surface area contributed by atoms with Gasteiger partial charge >= 0.3 is 5.97 Å². The first-order valence-electron chi connectivity index (χ1n) is 9.25. The van der Waals surface area contributed by atoms with Gasteiger partial charge in [-0.3, -0.25) is 4.79 Å². The van der Waals surface area contributed by atoms with Crippen LogP contribution in [0.2, 0.25) is 0 Å². The van der Waals surface area contributed by atoms with E-state index >= 15 is 0 Å². The Morgan fingerprint density at radius 2 is 1.72 bits per heavy atom. The highest BCUT2D eigenvalue weighted by Gasteiger charge is 2.16. The predicted molar refractivity (Wildman–Crippen MR) is 114 cm³/mol. The highest BCUT2D eigenvalue weighted by molar-refractivity contribution is 8.00. The molecule has 29 heavy (non-hydrogen) atoms. The van der Waals surface area contributed by atoms with Gasteiger partial charge in [0.05, 0.1) is 25.5 Å². The lowest BCUT2D eigenvalue weighted by atomic mass is 10.1. The molecule has 0 bridgehead atoms. The first kappa shape index (κ1) is 22.6. The van der Waals surface area contributed by atoms with Crippen LogP contribution in [-0.2, 0) is 16.1 Å². The summed E-state index contributed by atoms with van der Waals surface area (Å²) < 4.78 is 16.1. The van der Waals surface area contributed by atoms with Crippen molar-refractivity contribution in [1.29, 1.82) is 0 Å². The lowest BCUT2D eigenvalue weighted by Gasteiger charge is -2.14. The molecule has 0 saturated carbocycles. The highest BCUT2D eigenvalue weighted by atomic mass is 32.2. The third kappa shape index (κ3) is 6.42. The Kier molecular flexibility index (Phi) is 8.39. The first-order valence-corrected chi connectivity index (χ1v) is 10.2. The topological polar surface area (TPSA) is 73.9 Å². The highest BCUT2D eigenvalue weighted by Crippen LogP contribution is 2.31. The van der Waals surface area contributed by atoms with Gasteiger partial charge in [-0.15, -0.1) is 11.8 Å². The molecule has 0 saturated heterocycles. The van der Waals surface area contributed by atoms with E-state index in [0.717, 1.165) is 11.1 Å². The van der Waals surface area contributed by atoms with E-state index in [1.807, 2.05) is 39.0 Å². The Hall–Kier alpha value is -2.67. The largest absolute Gasteiger partial charge is 0.493 e. The zero-order valence-electron chi connectivity index (χ0n) is 17.4. The van der Waals surface area contributed by atoms with Crippen molar-refractivity contribution < 1.29 is 23.8 Å². The van der Waals surface area contributed by atoms with Crippen LogP contribution in [0.1, 0.15) is 35.3 Å². The Bertz CT molecular complexity index is 866. The number of esters is 1. The van der Waals surface area contributed by atoms with Gasteiger partial charge in [-0.1, -0.05) is 12.1 Å². The minimum Gasteiger partial charge on any atom is -0.493 e. The second kappa shape index (κ2) is 10.8. The van der Waals surface area contributed by atoms with Crippen molar-refractivity contribution in [3.05, 3.63) is 53.1 Å². The summed E-state index contributed by atoms with van der Waals surface area (Å²) in [6.07, 6.45) is 0. The summed E-state index contributed by atoms with van der Waals surface area (Å²) in [4.78, 5) is 25.3. The van der Waals surface area contributed by atoms with Crippen LogP contribution in [0.25, 0.3) is 0 Å². The van der Waals surface area contributed by atoms with Gasteiger partial charge in [-0.05, 0) is 56.2 Å². The zero-order chi connectivity index (χ0) is 21.4. The van der Waals surface area contributed by atoms with Crippen LogP contribution in [0.5, 0.6) is 11.5 Å². The SMILES string of the molecule is COc1cc(C)c(COC(=O)c2ccccc2SCC(=O)NC(C)C)cc1OC. The third-order valence-electron chi connectivity index (χ3n) is 4.12. The van der Waals surface area contributed by atoms with Gasteiger partial charge < -0.3 is 19.5 Å². The van der Waals surface area contributed by atoms with Crippen LogP contribution in [-0.4, -0.2) is 37.9 Å². The fourth-order valence-electron chi connectivity index (χ4n) is 2.67. The van der Waals surface area contributed by atoms with Gasteiger partial charge in [0.15, 0.2) is 11.5 Å². The Labute approximate surface area is 175 Å². The number of methoxy groups -OCH3 is 2. The Morgan fingerprint density at radius 1 is 1.07 bits per heavy atom. The van der Waals surface area contributed by atoms with Crippen molar-refractivity contribution in [1.82, 2.24) is 5.32 Å². The summed E-state index contributed by atoms with van der Waals surface area (Å²) in [6, 6.07) is 10.8. The number of amides is 1. The van der Waals surface area contributed by atoms with Crippen LogP contribution in [0.4, 0.5) is 0 Å². The average molecular weight is 418 g/mol. The number of carbonyl (C=O) groups is 2. The van der Waals surface area contributed by atoms with Crippen molar-refractivity contribution in [3.63, 3.8) is 0 Å². The van der Waals surface area contributed by atoms with E-state index < -0.39 is 5.97 Å². The standard InChI is InChI=1S/C22H27NO5S/c1-14(2)23-21(24)13-29-20-9-7-6-8-17(20)22(25)28-12-16-11-19(27-5)18(26-4)10-15(16)3/h6-11,14H,12-13H2,1-5H3,(H,23,24). The molecule has 1 amide bonds. The number of hydrogen-bond donors (Lipinski definition) is 1. The summed E-state index contributed by atoms with van der Waals surface area (Å²) in [5.41, 5.74) is 2.20. The summed E-state index contributed by atoms with van der Waals surface area (Å²) in [5.74, 6) is 0.926. The zero-order valence-corrected chi connectivity index (χ0v) is 18.2. The molecule has 0 aliphatic carbocycles. The Balaban J connectivity index is 2.07. The minimum absolute atomic E-state index is 0.0749. The molecule has 1 N–H and O–H groups in total. The summed E-state index contributed by atoms with van der Waals surface area (Å²) in [7, 11) is 3.14. The van der Waals surface area contributed by atoms with Crippen molar-refractivity contribution in [2.24, 2.45) is 0 Å². The van der Waals surface area contributed by atoms with Crippen LogP contribution in [0.3, 0.4) is 0 Å². The number of hydrogen-bond acceptors (Lipinski definition) is 6. The second-order valence-electron chi connectivity index (χ2n) is 6.72. The quantitative estimate of drug-likeness (QED) is 0.491. The van der Waals surface area contributed by atoms with Gasteiger partial charge in [0.1, 0.15) is 6.61 Å². The van der Waals surface area contributed by atoms with E-state index in [9.17, 15) is 9.59 Å². The molecule has 0 unspecified atom stereocenters. The molecule has 0 spiro atoms. The van der Waals surface area contributed by atoms with Crippen LogP contribution < -0.4 is 14.8 Å².